The second-order valence-electron chi connectivity index (χ2n) is 6.42. The van der Waals surface area contributed by atoms with Gasteiger partial charge in [0.1, 0.15) is 5.60 Å². The lowest BCUT2D eigenvalue weighted by atomic mass is 9.48. The Morgan fingerprint density at radius 1 is 1.06 bits per heavy atom. The summed E-state index contributed by atoms with van der Waals surface area (Å²) in [5, 5.41) is 9.79. The number of aliphatic hydroxyl groups excluding tert-OH is 1. The van der Waals surface area contributed by atoms with Crippen molar-refractivity contribution in [1.29, 1.82) is 0 Å². The summed E-state index contributed by atoms with van der Waals surface area (Å²) in [4.78, 5) is 10.8. The largest absolute Gasteiger partial charge is 0.461 e. The van der Waals surface area contributed by atoms with Crippen molar-refractivity contribution >= 4 is 51.7 Å². The zero-order chi connectivity index (χ0) is 12.4. The molecule has 4 saturated carbocycles. The summed E-state index contributed by atoms with van der Waals surface area (Å²) in [6.45, 7) is 0.838. The van der Waals surface area contributed by atoms with Crippen molar-refractivity contribution in [1.82, 2.24) is 0 Å². The highest BCUT2D eigenvalue weighted by molar-refractivity contribution is 14.1. The second kappa shape index (κ2) is 3.71. The van der Waals surface area contributed by atoms with Crippen LogP contribution >= 0.6 is 45.2 Å². The normalized spacial score (nSPS) is 55.9. The Kier molecular flexibility index (Phi) is 2.82. The zero-order valence-corrected chi connectivity index (χ0v) is 13.9. The molecule has 0 aromatic heterocycles. The highest BCUT2D eigenvalue weighted by Crippen LogP contribution is 2.70. The molecule has 2 unspecified atom stereocenters. The van der Waals surface area contributed by atoms with E-state index in [0.717, 1.165) is 32.1 Å². The first-order valence-electron chi connectivity index (χ1n) is 5.97. The third kappa shape index (κ3) is 1.94. The van der Waals surface area contributed by atoms with Gasteiger partial charge < -0.3 is 9.84 Å². The second-order valence-corrected chi connectivity index (χ2v) is 11.0. The molecule has 3 nitrogen and oxygen atoms in total. The summed E-state index contributed by atoms with van der Waals surface area (Å²) in [6, 6.07) is 0. The number of carbonyl (C=O) groups is 1. The van der Waals surface area contributed by atoms with Crippen molar-refractivity contribution in [2.45, 2.75) is 51.0 Å². The monoisotopic (exact) mass is 462 g/mol. The fourth-order valence-corrected chi connectivity index (χ4v) is 10.1. The zero-order valence-electron chi connectivity index (χ0n) is 9.55. The Balaban J connectivity index is 2.04. The first-order chi connectivity index (χ1) is 7.86. The Hall–Kier alpha value is 0.890. The van der Waals surface area contributed by atoms with Crippen molar-refractivity contribution in [2.24, 2.45) is 5.41 Å². The van der Waals surface area contributed by atoms with Gasteiger partial charge in [-0.1, -0.05) is 45.2 Å². The lowest BCUT2D eigenvalue weighted by Crippen LogP contribution is -2.67. The molecule has 4 bridgehead atoms. The number of hydrogen-bond acceptors (Lipinski definition) is 3. The summed E-state index contributed by atoms with van der Waals surface area (Å²) in [7, 11) is 0. The summed E-state index contributed by atoms with van der Waals surface area (Å²) >= 11 is 5.09. The van der Waals surface area contributed by atoms with E-state index in [1.54, 1.807) is 0 Å². The molecule has 0 heterocycles. The third-order valence-corrected chi connectivity index (χ3v) is 6.91. The van der Waals surface area contributed by atoms with Gasteiger partial charge in [-0.2, -0.15) is 0 Å². The summed E-state index contributed by atoms with van der Waals surface area (Å²) in [5.74, 6) is 0. The molecule has 0 radical (unpaired) electrons. The molecular weight excluding hydrogens is 446 g/mol. The summed E-state index contributed by atoms with van der Waals surface area (Å²) in [5.41, 5.74) is -0.318. The molecule has 17 heavy (non-hydrogen) atoms. The quantitative estimate of drug-likeness (QED) is 0.399. The highest BCUT2D eigenvalue weighted by atomic mass is 127. The lowest BCUT2D eigenvalue weighted by molar-refractivity contribution is -0.181. The van der Waals surface area contributed by atoms with Crippen LogP contribution in [0.1, 0.15) is 38.5 Å². The topological polar surface area (TPSA) is 46.5 Å². The van der Waals surface area contributed by atoms with Crippen LogP contribution in [0.25, 0.3) is 0 Å². The molecule has 0 spiro atoms. The van der Waals surface area contributed by atoms with Crippen LogP contribution < -0.4 is 0 Å². The number of ether oxygens (including phenoxy) is 1. The van der Waals surface area contributed by atoms with Gasteiger partial charge in [0.05, 0.1) is 0 Å². The number of rotatable bonds is 3. The number of halogens is 2. The summed E-state index contributed by atoms with van der Waals surface area (Å²) in [6.07, 6.45) is 6.12. The van der Waals surface area contributed by atoms with Crippen LogP contribution in [0.2, 0.25) is 0 Å². The van der Waals surface area contributed by atoms with Crippen LogP contribution in [0, 0.1) is 5.41 Å². The maximum absolute atomic E-state index is 10.8. The van der Waals surface area contributed by atoms with Crippen LogP contribution in [-0.4, -0.2) is 30.6 Å². The van der Waals surface area contributed by atoms with Crippen molar-refractivity contribution < 1.29 is 14.6 Å². The molecule has 2 atom stereocenters. The average Bonchev–Trinajstić information content (AvgIpc) is 2.11. The maximum atomic E-state index is 10.8. The predicted molar refractivity (Wildman–Crippen MR) is 80.6 cm³/mol. The van der Waals surface area contributed by atoms with E-state index < -0.39 is 0 Å². The van der Waals surface area contributed by atoms with E-state index in [1.807, 2.05) is 0 Å². The van der Waals surface area contributed by atoms with Gasteiger partial charge in [0.2, 0.25) is 0 Å². The Labute approximate surface area is 128 Å². The number of carbonyl (C=O) groups excluding carboxylic acids is 1. The fourth-order valence-electron chi connectivity index (χ4n) is 4.89. The minimum Gasteiger partial charge on any atom is -0.461 e. The van der Waals surface area contributed by atoms with E-state index in [0.29, 0.717) is 6.47 Å². The lowest BCUT2D eigenvalue weighted by Gasteiger charge is -2.66. The van der Waals surface area contributed by atoms with Gasteiger partial charge in [-0.25, -0.2) is 0 Å². The van der Waals surface area contributed by atoms with E-state index >= 15 is 0 Å². The number of hydrogen-bond donors (Lipinski definition) is 1. The van der Waals surface area contributed by atoms with Gasteiger partial charge in [-0.3, -0.25) is 4.79 Å². The van der Waals surface area contributed by atoms with Gasteiger partial charge >= 0.3 is 0 Å². The van der Waals surface area contributed by atoms with E-state index in [4.69, 9.17) is 4.74 Å². The number of aliphatic hydroxyl groups is 1. The minimum atomic E-state index is -0.304. The predicted octanol–water partition coefficient (Wildman–Crippen LogP) is 2.61. The third-order valence-electron chi connectivity index (χ3n) is 4.63. The first kappa shape index (κ1) is 12.9. The molecule has 0 amide bonds. The molecule has 4 aliphatic rings. The van der Waals surface area contributed by atoms with E-state index in [1.165, 1.54) is 6.42 Å². The molecule has 4 aliphatic carbocycles. The van der Waals surface area contributed by atoms with E-state index in [2.05, 4.69) is 45.2 Å². The van der Waals surface area contributed by atoms with Crippen LogP contribution in [0.3, 0.4) is 0 Å². The van der Waals surface area contributed by atoms with Gasteiger partial charge in [-0.15, -0.1) is 0 Å². The van der Waals surface area contributed by atoms with Gasteiger partial charge in [0.25, 0.3) is 6.47 Å². The molecule has 5 heteroatoms. The van der Waals surface area contributed by atoms with E-state index in [-0.39, 0.29) is 24.5 Å². The average molecular weight is 462 g/mol. The Morgan fingerprint density at radius 2 is 1.65 bits per heavy atom. The van der Waals surface area contributed by atoms with Crippen LogP contribution in [0.4, 0.5) is 0 Å². The minimum absolute atomic E-state index is 0.0137. The smallest absolute Gasteiger partial charge is 0.293 e. The molecule has 0 aromatic carbocycles. The summed E-state index contributed by atoms with van der Waals surface area (Å²) < 4.78 is 5.91. The molecule has 0 saturated heterocycles. The van der Waals surface area contributed by atoms with Crippen LogP contribution in [0.15, 0.2) is 0 Å². The molecule has 4 fully saturated rings. The molecule has 1 N–H and O–H groups in total. The molecule has 0 aromatic rings. The molecule has 96 valence electrons. The standard InChI is InChI=1S/C12H16I2O3/c13-10-1-9(7-15)2-11(14,4-10)6-12(3-9,5-10)17-8-16/h8,15H,1-7H2. The highest BCUT2D eigenvalue weighted by Gasteiger charge is 2.68. The van der Waals surface area contributed by atoms with Gasteiger partial charge in [0, 0.05) is 26.3 Å². The van der Waals surface area contributed by atoms with Gasteiger partial charge in [0.15, 0.2) is 0 Å². The maximum Gasteiger partial charge on any atom is 0.293 e. The first-order valence-corrected chi connectivity index (χ1v) is 8.12. The van der Waals surface area contributed by atoms with Gasteiger partial charge in [-0.05, 0) is 31.1 Å². The number of alkyl halides is 2. The van der Waals surface area contributed by atoms with Crippen LogP contribution in [-0.2, 0) is 9.53 Å². The van der Waals surface area contributed by atoms with Crippen molar-refractivity contribution in [3.63, 3.8) is 0 Å². The van der Waals surface area contributed by atoms with Crippen molar-refractivity contribution in [3.8, 4) is 0 Å². The Bertz CT molecular complexity index is 353. The molecule has 4 rings (SSSR count). The van der Waals surface area contributed by atoms with Crippen molar-refractivity contribution in [3.05, 3.63) is 0 Å². The SMILES string of the molecule is O=COC12CC3(I)CC(I)(CC(CO)(C3)C1)C2. The van der Waals surface area contributed by atoms with Crippen LogP contribution in [0.5, 0.6) is 0 Å². The molecular formula is C12H16I2O3. The fraction of sp³-hybridized carbons (Fsp3) is 0.917. The Morgan fingerprint density at radius 3 is 2.12 bits per heavy atom. The van der Waals surface area contributed by atoms with E-state index in [9.17, 15) is 9.90 Å². The molecule has 0 aliphatic heterocycles. The van der Waals surface area contributed by atoms with Crippen molar-refractivity contribution in [2.75, 3.05) is 6.61 Å².